The second-order valence-electron chi connectivity index (χ2n) is 4.27. The predicted molar refractivity (Wildman–Crippen MR) is 58.2 cm³/mol. The van der Waals surface area contributed by atoms with Crippen molar-refractivity contribution in [2.45, 2.75) is 32.2 Å². The van der Waals surface area contributed by atoms with E-state index < -0.39 is 6.16 Å². The van der Waals surface area contributed by atoms with Crippen molar-refractivity contribution in [2.24, 2.45) is 5.92 Å². The molecule has 2 aliphatic heterocycles. The SMILES string of the molecule is CCC(=O)N(C)OC(=O)OC1COC2OCCC12. The molecule has 7 heteroatoms. The largest absolute Gasteiger partial charge is 0.533 e. The summed E-state index contributed by atoms with van der Waals surface area (Å²) >= 11 is 0. The zero-order valence-corrected chi connectivity index (χ0v) is 10.5. The maximum Gasteiger partial charge on any atom is 0.533 e. The number of carbonyl (C=O) groups excluding carboxylic acids is 2. The summed E-state index contributed by atoms with van der Waals surface area (Å²) in [6.07, 6.45) is -0.477. The van der Waals surface area contributed by atoms with E-state index in [1.54, 1.807) is 6.92 Å². The Kier molecular flexibility index (Phi) is 4.03. The fraction of sp³-hybridized carbons (Fsp3) is 0.818. The van der Waals surface area contributed by atoms with Crippen molar-refractivity contribution in [3.8, 4) is 0 Å². The van der Waals surface area contributed by atoms with Gasteiger partial charge in [0, 0.05) is 13.5 Å². The Bertz CT molecular complexity index is 333. The van der Waals surface area contributed by atoms with Gasteiger partial charge in [-0.1, -0.05) is 6.92 Å². The molecule has 2 fully saturated rings. The standard InChI is InChI=1S/C11H17NO6/c1-3-9(13)12(2)18-11(14)17-8-6-16-10-7(8)4-5-15-10/h7-8,10H,3-6H2,1-2H3. The number of hydrogen-bond acceptors (Lipinski definition) is 6. The number of amides is 1. The summed E-state index contributed by atoms with van der Waals surface area (Å²) < 4.78 is 15.8. The van der Waals surface area contributed by atoms with Gasteiger partial charge in [-0.2, -0.15) is 5.06 Å². The van der Waals surface area contributed by atoms with E-state index in [-0.39, 0.29) is 30.6 Å². The van der Waals surface area contributed by atoms with Gasteiger partial charge in [0.15, 0.2) is 6.29 Å². The van der Waals surface area contributed by atoms with Gasteiger partial charge in [0.2, 0.25) is 0 Å². The van der Waals surface area contributed by atoms with Crippen LogP contribution in [0.3, 0.4) is 0 Å². The van der Waals surface area contributed by atoms with Crippen LogP contribution in [0.25, 0.3) is 0 Å². The topological polar surface area (TPSA) is 74.3 Å². The summed E-state index contributed by atoms with van der Waals surface area (Å²) in [5, 5.41) is 0.876. The lowest BCUT2D eigenvalue weighted by Gasteiger charge is -2.18. The lowest BCUT2D eigenvalue weighted by Crippen LogP contribution is -2.33. The van der Waals surface area contributed by atoms with E-state index in [0.29, 0.717) is 13.2 Å². The van der Waals surface area contributed by atoms with E-state index in [1.807, 2.05) is 0 Å². The fourth-order valence-corrected chi connectivity index (χ4v) is 2.08. The third-order valence-electron chi connectivity index (χ3n) is 3.10. The molecule has 0 spiro atoms. The van der Waals surface area contributed by atoms with E-state index in [0.717, 1.165) is 11.5 Å². The molecule has 0 saturated carbocycles. The van der Waals surface area contributed by atoms with Crippen LogP contribution < -0.4 is 0 Å². The van der Waals surface area contributed by atoms with Crippen LogP contribution in [0.1, 0.15) is 19.8 Å². The van der Waals surface area contributed by atoms with Gasteiger partial charge in [-0.15, -0.1) is 0 Å². The molecule has 0 aromatic rings. The molecule has 0 bridgehead atoms. The van der Waals surface area contributed by atoms with Gasteiger partial charge in [-0.3, -0.25) is 4.79 Å². The van der Waals surface area contributed by atoms with Crippen LogP contribution >= 0.6 is 0 Å². The van der Waals surface area contributed by atoms with E-state index in [2.05, 4.69) is 0 Å². The molecule has 0 N–H and O–H groups in total. The van der Waals surface area contributed by atoms with Crippen molar-refractivity contribution in [3.63, 3.8) is 0 Å². The van der Waals surface area contributed by atoms with Crippen molar-refractivity contribution < 1.29 is 28.6 Å². The zero-order chi connectivity index (χ0) is 13.1. The fourth-order valence-electron chi connectivity index (χ4n) is 2.08. The lowest BCUT2D eigenvalue weighted by molar-refractivity contribution is -0.168. The molecule has 7 nitrogen and oxygen atoms in total. The number of rotatable bonds is 2. The minimum Gasteiger partial charge on any atom is -0.426 e. The van der Waals surface area contributed by atoms with E-state index in [9.17, 15) is 9.59 Å². The number of fused-ring (bicyclic) bond motifs is 1. The van der Waals surface area contributed by atoms with Gasteiger partial charge in [0.05, 0.1) is 19.1 Å². The molecular weight excluding hydrogens is 242 g/mol. The molecule has 2 heterocycles. The van der Waals surface area contributed by atoms with Crippen LogP contribution in [0.15, 0.2) is 0 Å². The normalized spacial score (nSPS) is 29.8. The van der Waals surface area contributed by atoms with Crippen LogP contribution in [-0.2, 0) is 23.8 Å². The number of carbonyl (C=O) groups is 2. The van der Waals surface area contributed by atoms with E-state index in [1.165, 1.54) is 7.05 Å². The minimum atomic E-state index is -0.888. The Hall–Kier alpha value is -1.34. The summed E-state index contributed by atoms with van der Waals surface area (Å²) in [6.45, 7) is 2.59. The van der Waals surface area contributed by atoms with Crippen molar-refractivity contribution in [1.29, 1.82) is 0 Å². The first kappa shape index (κ1) is 13.1. The van der Waals surface area contributed by atoms with E-state index >= 15 is 0 Å². The molecule has 2 rings (SSSR count). The molecule has 0 radical (unpaired) electrons. The summed E-state index contributed by atoms with van der Waals surface area (Å²) in [5.41, 5.74) is 0. The highest BCUT2D eigenvalue weighted by Crippen LogP contribution is 2.33. The van der Waals surface area contributed by atoms with Gasteiger partial charge >= 0.3 is 6.16 Å². The van der Waals surface area contributed by atoms with Crippen LogP contribution in [0, 0.1) is 5.92 Å². The molecule has 102 valence electrons. The van der Waals surface area contributed by atoms with Crippen molar-refractivity contribution in [3.05, 3.63) is 0 Å². The second kappa shape index (κ2) is 5.53. The van der Waals surface area contributed by atoms with Gasteiger partial charge < -0.3 is 19.0 Å². The smallest absolute Gasteiger partial charge is 0.426 e. The van der Waals surface area contributed by atoms with E-state index in [4.69, 9.17) is 19.0 Å². The summed E-state index contributed by atoms with van der Waals surface area (Å²) in [4.78, 5) is 27.4. The average Bonchev–Trinajstić information content (AvgIpc) is 2.93. The predicted octanol–water partition coefficient (Wildman–Crippen LogP) is 0.684. The van der Waals surface area contributed by atoms with Gasteiger partial charge in [-0.25, -0.2) is 4.79 Å². The monoisotopic (exact) mass is 259 g/mol. The minimum absolute atomic E-state index is 0.0599. The highest BCUT2D eigenvalue weighted by atomic mass is 16.8. The van der Waals surface area contributed by atoms with Crippen molar-refractivity contribution >= 4 is 12.1 Å². The van der Waals surface area contributed by atoms with Crippen LogP contribution in [0.4, 0.5) is 4.79 Å². The quantitative estimate of drug-likeness (QED) is 0.536. The molecule has 3 unspecified atom stereocenters. The van der Waals surface area contributed by atoms with Crippen molar-refractivity contribution in [2.75, 3.05) is 20.3 Å². The Morgan fingerprint density at radius 3 is 2.89 bits per heavy atom. The molecule has 0 aromatic heterocycles. The van der Waals surface area contributed by atoms with Crippen LogP contribution in [-0.4, -0.2) is 49.8 Å². The van der Waals surface area contributed by atoms with Crippen LogP contribution in [0.5, 0.6) is 0 Å². The summed E-state index contributed by atoms with van der Waals surface area (Å²) in [6, 6.07) is 0. The molecule has 3 atom stereocenters. The molecular formula is C11H17NO6. The van der Waals surface area contributed by atoms with Gasteiger partial charge in [0.1, 0.15) is 6.10 Å². The maximum absolute atomic E-state index is 11.5. The number of nitrogens with zero attached hydrogens (tertiary/aromatic N) is 1. The number of hydrogen-bond donors (Lipinski definition) is 0. The molecule has 18 heavy (non-hydrogen) atoms. The molecule has 1 amide bonds. The molecule has 0 aliphatic carbocycles. The summed E-state index contributed by atoms with van der Waals surface area (Å²) in [7, 11) is 1.37. The average molecular weight is 259 g/mol. The molecule has 2 saturated heterocycles. The maximum atomic E-state index is 11.5. The Morgan fingerprint density at radius 2 is 2.17 bits per heavy atom. The van der Waals surface area contributed by atoms with Gasteiger partial charge in [-0.05, 0) is 6.42 Å². The highest BCUT2D eigenvalue weighted by molar-refractivity contribution is 5.76. The van der Waals surface area contributed by atoms with Gasteiger partial charge in [0.25, 0.3) is 5.91 Å². The third-order valence-corrected chi connectivity index (χ3v) is 3.10. The first-order valence-corrected chi connectivity index (χ1v) is 6.00. The van der Waals surface area contributed by atoms with Crippen LogP contribution in [0.2, 0.25) is 0 Å². The Morgan fingerprint density at radius 1 is 1.39 bits per heavy atom. The molecule has 0 aromatic carbocycles. The third kappa shape index (κ3) is 2.73. The van der Waals surface area contributed by atoms with Crippen molar-refractivity contribution in [1.82, 2.24) is 5.06 Å². The number of hydroxylamine groups is 2. The zero-order valence-electron chi connectivity index (χ0n) is 10.5. The highest BCUT2D eigenvalue weighted by Gasteiger charge is 2.44. The lowest BCUT2D eigenvalue weighted by atomic mass is 10.0. The molecule has 2 aliphatic rings. The first-order chi connectivity index (χ1) is 8.61. The summed E-state index contributed by atoms with van der Waals surface area (Å²) in [5.74, 6) is -0.235. The Balaban J connectivity index is 1.79. The first-order valence-electron chi connectivity index (χ1n) is 6.00. The second-order valence-corrected chi connectivity index (χ2v) is 4.27. The Labute approximate surface area is 105 Å². The number of ether oxygens (including phenoxy) is 3.